The third-order valence-corrected chi connectivity index (χ3v) is 10.0. The van der Waals surface area contributed by atoms with Gasteiger partial charge < -0.3 is 19.5 Å². The van der Waals surface area contributed by atoms with Crippen LogP contribution in [0.25, 0.3) is 41.6 Å². The molecule has 4 aromatic carbocycles. The average molecular weight is 908 g/mol. The summed E-state index contributed by atoms with van der Waals surface area (Å²) in [6.07, 6.45) is 0.583. The number of halogens is 2. The molecule has 0 saturated carbocycles. The van der Waals surface area contributed by atoms with Crippen molar-refractivity contribution in [3.63, 3.8) is 0 Å². The number of ether oxygens (including phenoxy) is 3. The number of amides is 1. The molecule has 0 aliphatic rings. The lowest BCUT2D eigenvalue weighted by atomic mass is 10.2. The molecule has 0 saturated heterocycles. The molecule has 0 atom stereocenters. The molecule has 0 unspecified atom stereocenters. The van der Waals surface area contributed by atoms with Gasteiger partial charge in [0.1, 0.15) is 53.6 Å². The maximum atomic E-state index is 12.3. The van der Waals surface area contributed by atoms with Crippen LogP contribution in [0.5, 0.6) is 11.5 Å². The molecule has 16 heteroatoms. The third kappa shape index (κ3) is 12.2. The number of anilines is 2. The smallest absolute Gasteiger partial charge is 0.414 e. The van der Waals surface area contributed by atoms with E-state index in [9.17, 15) is 17.6 Å². The van der Waals surface area contributed by atoms with Crippen molar-refractivity contribution < 1.29 is 36.0 Å². The van der Waals surface area contributed by atoms with Crippen molar-refractivity contribution in [1.29, 1.82) is 0 Å². The van der Waals surface area contributed by atoms with Gasteiger partial charge in [0, 0.05) is 36.6 Å². The average Bonchev–Trinajstić information content (AvgIpc) is 3.76. The van der Waals surface area contributed by atoms with Gasteiger partial charge in [0.05, 0.1) is 26.7 Å². The SMILES string of the molecule is CN(C(=O)OC(C)(C)C)c1ccc(-c2nc3ccc(OCCOS(C)(=O)=O)cc3s2)cc1.CNc1ccc(-c2nc3ccc(OCC[18F])cc3s2)cc1.I. The second-order valence-electron chi connectivity index (χ2n) is 12.6. The van der Waals surface area contributed by atoms with Gasteiger partial charge in [0.15, 0.2) is 0 Å². The maximum Gasteiger partial charge on any atom is 0.414 e. The number of carbonyl (C=O) groups excluding carboxylic acids is 1. The number of hydrogen-bond donors (Lipinski definition) is 1. The van der Waals surface area contributed by atoms with E-state index in [4.69, 9.17) is 14.2 Å². The van der Waals surface area contributed by atoms with Gasteiger partial charge in [0.2, 0.25) is 0 Å². The van der Waals surface area contributed by atoms with E-state index in [1.807, 2.05) is 107 Å². The first-order valence-corrected chi connectivity index (χ1v) is 20.0. The summed E-state index contributed by atoms with van der Waals surface area (Å²) in [6, 6.07) is 26.8. The fourth-order valence-corrected chi connectivity index (χ4v) is 7.15. The highest BCUT2D eigenvalue weighted by Gasteiger charge is 2.21. The van der Waals surface area contributed by atoms with Crippen molar-refractivity contribution in [3.05, 3.63) is 84.9 Å². The molecule has 6 aromatic rings. The maximum absolute atomic E-state index is 12.3. The lowest BCUT2D eigenvalue weighted by Gasteiger charge is -2.24. The summed E-state index contributed by atoms with van der Waals surface area (Å²) >= 11 is 3.12. The molecule has 0 spiro atoms. The molecule has 54 heavy (non-hydrogen) atoms. The highest BCUT2D eigenvalue weighted by atomic mass is 127. The van der Waals surface area contributed by atoms with E-state index < -0.39 is 28.5 Å². The topological polar surface area (TPSA) is 129 Å². The van der Waals surface area contributed by atoms with E-state index in [0.717, 1.165) is 59.2 Å². The first-order chi connectivity index (χ1) is 25.2. The molecule has 1 N–H and O–H groups in total. The molecular formula is C38H42FIN4O7S3. The van der Waals surface area contributed by atoms with Crippen molar-refractivity contribution in [2.24, 2.45) is 0 Å². The van der Waals surface area contributed by atoms with Crippen LogP contribution in [-0.4, -0.2) is 76.9 Å². The Hall–Kier alpha value is -4.10. The molecule has 0 bridgehead atoms. The van der Waals surface area contributed by atoms with E-state index in [2.05, 4.69) is 19.5 Å². The molecule has 0 fully saturated rings. The minimum absolute atomic E-state index is 0. The van der Waals surface area contributed by atoms with Crippen molar-refractivity contribution in [2.75, 3.05) is 57.1 Å². The number of hydrogen-bond acceptors (Lipinski definition) is 12. The Kier molecular flexibility index (Phi) is 15.0. The Morgan fingerprint density at radius 1 is 0.796 bits per heavy atom. The normalized spacial score (nSPS) is 11.3. The van der Waals surface area contributed by atoms with Gasteiger partial charge in [-0.2, -0.15) is 8.42 Å². The molecule has 0 radical (unpaired) electrons. The fourth-order valence-electron chi connectivity index (χ4n) is 4.78. The highest BCUT2D eigenvalue weighted by molar-refractivity contribution is 14.0. The number of rotatable bonds is 12. The standard InChI is InChI=1S/C22H26N2O6S2.C16H15FN2OS.HI/c1-22(2,3)30-21(25)24(4)16-8-6-15(7-9-16)20-23-18-11-10-17(14-19(18)31-20)28-12-13-29-32(5,26)27;1-18-12-4-2-11(3-5-12)16-19-14-7-6-13(20-9-8-17)10-15(14)21-16;/h6-11,14H,12-13H2,1-5H3;2-7,10,18H,8-9H2,1H3;1H/i;17-1;. The quantitative estimate of drug-likeness (QED) is 0.0720. The largest absolute Gasteiger partial charge is 0.491 e. The van der Waals surface area contributed by atoms with Gasteiger partial charge in [-0.15, -0.1) is 46.7 Å². The van der Waals surface area contributed by atoms with Crippen LogP contribution >= 0.6 is 46.7 Å². The van der Waals surface area contributed by atoms with Crippen LogP contribution in [0.4, 0.5) is 20.6 Å². The van der Waals surface area contributed by atoms with Crippen LogP contribution in [0.15, 0.2) is 84.9 Å². The summed E-state index contributed by atoms with van der Waals surface area (Å²) in [7, 11) is 0.0856. The Balaban J connectivity index is 0.000000256. The number of alkyl halides is 1. The van der Waals surface area contributed by atoms with E-state index in [0.29, 0.717) is 11.5 Å². The Morgan fingerprint density at radius 2 is 1.30 bits per heavy atom. The van der Waals surface area contributed by atoms with Crippen molar-refractivity contribution >= 4 is 94.7 Å². The van der Waals surface area contributed by atoms with Crippen molar-refractivity contribution in [2.45, 2.75) is 26.4 Å². The molecule has 0 aliphatic carbocycles. The molecule has 11 nitrogen and oxygen atoms in total. The molecule has 288 valence electrons. The van der Waals surface area contributed by atoms with Gasteiger partial charge in [-0.1, -0.05) is 0 Å². The lowest BCUT2D eigenvalue weighted by Crippen LogP contribution is -2.34. The van der Waals surface area contributed by atoms with Gasteiger partial charge in [0.25, 0.3) is 10.1 Å². The van der Waals surface area contributed by atoms with Gasteiger partial charge >= 0.3 is 6.09 Å². The van der Waals surface area contributed by atoms with Crippen molar-refractivity contribution in [1.82, 2.24) is 9.97 Å². The van der Waals surface area contributed by atoms with Crippen LogP contribution in [-0.2, 0) is 19.0 Å². The number of aromatic nitrogens is 2. The number of benzene rings is 4. The summed E-state index contributed by atoms with van der Waals surface area (Å²) in [6.45, 7) is 5.16. The third-order valence-electron chi connectivity index (χ3n) is 7.30. The number of carbonyl (C=O) groups is 1. The Morgan fingerprint density at radius 3 is 1.76 bits per heavy atom. The summed E-state index contributed by atoms with van der Waals surface area (Å²) in [5.74, 6) is 1.29. The minimum Gasteiger partial charge on any atom is -0.491 e. The van der Waals surface area contributed by atoms with E-state index in [1.54, 1.807) is 24.5 Å². The predicted molar refractivity (Wildman–Crippen MR) is 227 cm³/mol. The van der Waals surface area contributed by atoms with Gasteiger partial charge in [-0.3, -0.25) is 9.08 Å². The zero-order valence-corrected chi connectivity index (χ0v) is 35.4. The molecular weight excluding hydrogens is 866 g/mol. The lowest BCUT2D eigenvalue weighted by molar-refractivity contribution is 0.0589. The van der Waals surface area contributed by atoms with E-state index >= 15 is 0 Å². The number of nitrogens with zero attached hydrogens (tertiary/aromatic N) is 3. The monoisotopic (exact) mass is 907 g/mol. The predicted octanol–water partition coefficient (Wildman–Crippen LogP) is 9.66. The van der Waals surface area contributed by atoms with Crippen molar-refractivity contribution in [3.8, 4) is 32.6 Å². The second kappa shape index (κ2) is 19.0. The molecule has 1 amide bonds. The molecule has 0 aliphatic heterocycles. The van der Waals surface area contributed by atoms with Crippen LogP contribution in [0.3, 0.4) is 0 Å². The summed E-state index contributed by atoms with van der Waals surface area (Å²) in [5, 5.41) is 4.90. The zero-order chi connectivity index (χ0) is 38.2. The minimum atomic E-state index is -3.48. The first-order valence-electron chi connectivity index (χ1n) is 16.5. The van der Waals surface area contributed by atoms with E-state index in [-0.39, 0.29) is 43.8 Å². The Bertz CT molecular complexity index is 2260. The zero-order valence-electron chi connectivity index (χ0n) is 30.6. The van der Waals surface area contributed by atoms with Crippen LogP contribution < -0.4 is 19.7 Å². The Labute approximate surface area is 339 Å². The number of thiazole rings is 2. The summed E-state index contributed by atoms with van der Waals surface area (Å²) in [4.78, 5) is 23.0. The fraction of sp³-hybridized carbons (Fsp3) is 0.289. The number of nitrogens with one attached hydrogen (secondary N) is 1. The van der Waals surface area contributed by atoms with Crippen LogP contribution in [0.2, 0.25) is 0 Å². The summed E-state index contributed by atoms with van der Waals surface area (Å²) < 4.78 is 57.0. The summed E-state index contributed by atoms with van der Waals surface area (Å²) in [5.41, 5.74) is 5.01. The highest BCUT2D eigenvalue weighted by Crippen LogP contribution is 2.34. The van der Waals surface area contributed by atoms with Gasteiger partial charge in [-0.25, -0.2) is 19.2 Å². The molecule has 2 aromatic heterocycles. The van der Waals surface area contributed by atoms with Crippen LogP contribution in [0.1, 0.15) is 20.8 Å². The van der Waals surface area contributed by atoms with E-state index in [1.165, 1.54) is 16.2 Å². The second-order valence-corrected chi connectivity index (χ2v) is 16.3. The number of fused-ring (bicyclic) bond motifs is 2. The van der Waals surface area contributed by atoms with Gasteiger partial charge in [-0.05, 0) is 106 Å². The molecule has 2 heterocycles. The first kappa shape index (κ1) is 42.6. The van der Waals surface area contributed by atoms with Crippen LogP contribution in [0, 0.1) is 0 Å². The molecule has 6 rings (SSSR count).